The number of benzene rings is 3. The predicted molar refractivity (Wildman–Crippen MR) is 178 cm³/mol. The number of hydrogen-bond acceptors (Lipinski definition) is 9. The number of esters is 4. The van der Waals surface area contributed by atoms with Gasteiger partial charge in [0.15, 0.2) is 11.5 Å². The molecule has 0 amide bonds. The van der Waals surface area contributed by atoms with Gasteiger partial charge in [-0.15, -0.1) is 0 Å². The predicted octanol–water partition coefficient (Wildman–Crippen LogP) is 4.66. The third-order valence-electron chi connectivity index (χ3n) is 5.87. The molecular weight excluding hydrogens is 848 g/mol. The second kappa shape index (κ2) is 16.2. The molecule has 0 bridgehead atoms. The summed E-state index contributed by atoms with van der Waals surface area (Å²) in [7, 11) is 4.27. The molecule has 0 spiro atoms. The Kier molecular flexibility index (Phi) is 13.0. The second-order valence-corrected chi connectivity index (χ2v) is 23.0. The summed E-state index contributed by atoms with van der Waals surface area (Å²) < 4.78 is 53.2. The molecular formula is C33H27F2I2O8S-. The van der Waals surface area contributed by atoms with Gasteiger partial charge in [-0.05, 0) is 26.0 Å². The Labute approximate surface area is 284 Å². The number of ether oxygens (including phenoxy) is 4. The number of carbonyl (C=O) groups is 4. The van der Waals surface area contributed by atoms with Crippen LogP contribution in [0.4, 0.5) is 8.78 Å². The maximum absolute atomic E-state index is 15.7. The van der Waals surface area contributed by atoms with Crippen molar-refractivity contribution in [3.63, 3.8) is 0 Å². The van der Waals surface area contributed by atoms with Crippen molar-refractivity contribution in [3.8, 4) is 45.3 Å². The number of thiol groups is 1. The fourth-order valence-electron chi connectivity index (χ4n) is 3.48. The quantitative estimate of drug-likeness (QED) is 0.0977. The molecule has 0 N–H and O–H groups in total. The minimum atomic E-state index is -1.25. The summed E-state index contributed by atoms with van der Waals surface area (Å²) in [5.74, 6) is -6.19. The Morgan fingerprint density at radius 2 is 0.957 bits per heavy atom. The first-order valence-electron chi connectivity index (χ1n) is 13.0. The first kappa shape index (κ1) is 36.8. The monoisotopic (exact) mass is 875 g/mol. The Morgan fingerprint density at radius 1 is 0.609 bits per heavy atom. The van der Waals surface area contributed by atoms with E-state index < -0.39 is 68.1 Å². The average Bonchev–Trinajstić information content (AvgIpc) is 3.00. The van der Waals surface area contributed by atoms with E-state index in [2.05, 4.69) is 29.5 Å². The normalized spacial score (nSPS) is 11.2. The van der Waals surface area contributed by atoms with E-state index in [1.165, 1.54) is 69.3 Å². The average molecular weight is 875 g/mol. The molecule has 0 heterocycles. The fraction of sp³-hybridized carbons (Fsp3) is 0.121. The van der Waals surface area contributed by atoms with Crippen LogP contribution >= 0.6 is 26.6 Å². The molecule has 0 unspecified atom stereocenters. The third kappa shape index (κ3) is 9.19. The van der Waals surface area contributed by atoms with Crippen LogP contribution in [0.25, 0.3) is 22.3 Å². The van der Waals surface area contributed by atoms with Gasteiger partial charge in [0.2, 0.25) is 0 Å². The molecule has 0 aromatic heterocycles. The summed E-state index contributed by atoms with van der Waals surface area (Å²) in [6.45, 7) is 16.5. The van der Waals surface area contributed by atoms with Crippen molar-refractivity contribution in [1.29, 1.82) is 0 Å². The minimum Gasteiger partial charge on any atom is -0.419 e. The summed E-state index contributed by atoms with van der Waals surface area (Å²) in [6.07, 6.45) is 0. The first-order chi connectivity index (χ1) is 21.6. The van der Waals surface area contributed by atoms with Crippen LogP contribution < -0.4 is 34.8 Å². The molecule has 0 aliphatic carbocycles. The Balaban J connectivity index is 2.09. The number of rotatable bonds is 11. The summed E-state index contributed by atoms with van der Waals surface area (Å²) in [6, 6.07) is 10.4. The van der Waals surface area contributed by atoms with Crippen LogP contribution in [0.5, 0.6) is 23.0 Å². The van der Waals surface area contributed by atoms with Crippen LogP contribution in [-0.2, 0) is 19.2 Å². The van der Waals surface area contributed by atoms with Crippen molar-refractivity contribution in [2.24, 2.45) is 0 Å². The molecule has 3 rings (SSSR count). The van der Waals surface area contributed by atoms with Gasteiger partial charge in [0.1, 0.15) is 0 Å². The number of hydrogen-bond donors (Lipinski definition) is 1. The van der Waals surface area contributed by atoms with E-state index >= 15 is 8.78 Å². The SMILES string of the molecule is C=C(C)C(=O)Oc1ccc(-c2ccc(-c3ccc(OC(=O)C(=C)C)c(OC(=O)C(C)=I[I-]S)c3)c(F)c2F)cc1OC(=O)C(=C)C. The Hall–Kier alpha value is -3.70. The van der Waals surface area contributed by atoms with Gasteiger partial charge in [-0.1, -0.05) is 19.2 Å². The molecule has 242 valence electrons. The van der Waals surface area contributed by atoms with Crippen LogP contribution in [0.1, 0.15) is 27.7 Å². The van der Waals surface area contributed by atoms with Crippen molar-refractivity contribution in [2.75, 3.05) is 0 Å². The molecule has 0 aliphatic heterocycles. The molecule has 3 aromatic carbocycles. The summed E-state index contributed by atoms with van der Waals surface area (Å²) >= 11 is -1.04. The molecule has 0 fully saturated rings. The van der Waals surface area contributed by atoms with Gasteiger partial charge in [-0.25, -0.2) is 9.59 Å². The molecule has 0 radical (unpaired) electrons. The summed E-state index contributed by atoms with van der Waals surface area (Å²) in [4.78, 5) is 49.2. The van der Waals surface area contributed by atoms with Gasteiger partial charge in [0, 0.05) is 11.1 Å². The van der Waals surface area contributed by atoms with E-state index in [4.69, 9.17) is 18.9 Å². The van der Waals surface area contributed by atoms with Crippen molar-refractivity contribution in [1.82, 2.24) is 0 Å². The molecule has 3 aromatic rings. The van der Waals surface area contributed by atoms with Crippen molar-refractivity contribution in [3.05, 3.63) is 96.6 Å². The molecule has 0 saturated carbocycles. The van der Waals surface area contributed by atoms with Gasteiger partial charge < -0.3 is 9.47 Å². The Morgan fingerprint density at radius 3 is 1.30 bits per heavy atom. The summed E-state index contributed by atoms with van der Waals surface area (Å²) in [5, 5.41) is 0. The van der Waals surface area contributed by atoms with Crippen molar-refractivity contribution in [2.45, 2.75) is 27.7 Å². The maximum atomic E-state index is 15.7. The topological polar surface area (TPSA) is 105 Å². The van der Waals surface area contributed by atoms with Gasteiger partial charge >= 0.3 is 199 Å². The van der Waals surface area contributed by atoms with Gasteiger partial charge in [-0.2, -0.15) is 0 Å². The van der Waals surface area contributed by atoms with Crippen molar-refractivity contribution < 1.29 is 62.8 Å². The molecule has 0 saturated heterocycles. The van der Waals surface area contributed by atoms with Crippen molar-refractivity contribution >= 4 is 53.9 Å². The second-order valence-electron chi connectivity index (χ2n) is 9.68. The van der Waals surface area contributed by atoms with Crippen LogP contribution in [-0.4, -0.2) is 27.4 Å². The van der Waals surface area contributed by atoms with Gasteiger partial charge in [0.05, 0.1) is 0 Å². The van der Waals surface area contributed by atoms with E-state index in [9.17, 15) is 19.2 Å². The molecule has 8 nitrogen and oxygen atoms in total. The van der Waals surface area contributed by atoms with E-state index in [1.54, 1.807) is 6.92 Å². The molecule has 0 atom stereocenters. The van der Waals surface area contributed by atoms with Crippen LogP contribution in [0, 0.1) is 11.6 Å². The van der Waals surface area contributed by atoms with Crippen LogP contribution in [0.15, 0.2) is 85.0 Å². The third-order valence-corrected chi connectivity index (χ3v) is 15.3. The zero-order chi connectivity index (χ0) is 34.3. The summed E-state index contributed by atoms with van der Waals surface area (Å²) in [5.41, 5.74) is 0.0545. The molecule has 46 heavy (non-hydrogen) atoms. The Bertz CT molecular complexity index is 1830. The smallest absolute Gasteiger partial charge is 0.338 e. The van der Waals surface area contributed by atoms with Crippen LogP contribution in [0.3, 0.4) is 0 Å². The largest absolute Gasteiger partial charge is 0.419 e. The number of carbonyl (C=O) groups excluding carboxylic acids is 4. The zero-order valence-electron chi connectivity index (χ0n) is 25.0. The molecule has 0 aliphatic rings. The van der Waals surface area contributed by atoms with Gasteiger partial charge in [0.25, 0.3) is 0 Å². The zero-order valence-corrected chi connectivity index (χ0v) is 30.2. The first-order valence-corrected chi connectivity index (χ1v) is 23.6. The van der Waals surface area contributed by atoms with Crippen LogP contribution in [0.2, 0.25) is 0 Å². The van der Waals surface area contributed by atoms with E-state index in [0.717, 1.165) is 0 Å². The van der Waals surface area contributed by atoms with Gasteiger partial charge in [-0.3, -0.25) is 0 Å². The van der Waals surface area contributed by atoms with E-state index in [0.29, 0.717) is 3.51 Å². The fourth-order valence-corrected chi connectivity index (χ4v) is 11.3. The minimum absolute atomic E-state index is 0.0486. The van der Waals surface area contributed by atoms with E-state index in [1.807, 2.05) is 0 Å². The molecule has 13 heteroatoms. The maximum Gasteiger partial charge on any atom is 0.338 e. The standard InChI is InChI=1S/C33H27F2I2O8S/c1-16(2)30(38)42-24-12-8-20(14-26(24)44-32(40)18(5)6)22-10-11-23(29(35)28(22)34)21-9-13-25(43-31(39)17(3)4)27(15-21)45-33(41)19(7)36-37-46/h8-15,46H,1,3,5H2,2,4,6-7H3/q-1. The van der Waals surface area contributed by atoms with E-state index in [-0.39, 0.29) is 62.0 Å². The number of halogens is 4.